The molecular weight excluding hydrogens is 795 g/mol. The Labute approximate surface area is 372 Å². The van der Waals surface area contributed by atoms with E-state index in [1.807, 2.05) is 85.7 Å². The standard InChI is InChI=1S/C47H81N5O10/c1-16-31(6)40(50(12)45(57)38(29(2)3)49-44(56)39(30(4)5)51(13)46(58)62-47(9,10)11)36(59-14)28-37(54)52-25-20-24-35(52)41(60-15)32(7)43(55)48-33(8)42(61-27-21-26-53)34-22-18-17-19-23-34/h17-19,22-23,29-33,35-36,38-42,53H,16,20-21,24-28H2,1-15H3,(H,48,55)(H,49,56)/t31-,32+,33+,35-,36+,38-,39-,40-,41+,42+/m0/s1. The first-order valence-corrected chi connectivity index (χ1v) is 22.5. The maximum Gasteiger partial charge on any atom is 0.410 e. The van der Waals surface area contributed by atoms with Gasteiger partial charge in [-0.1, -0.05) is 85.2 Å². The Balaban J connectivity index is 2.30. The fourth-order valence-corrected chi connectivity index (χ4v) is 8.53. The Hall–Kier alpha value is -3.79. The number of hydrogen-bond acceptors (Lipinski definition) is 10. The molecule has 1 aromatic carbocycles. The number of amides is 5. The van der Waals surface area contributed by atoms with Gasteiger partial charge in [-0.2, -0.15) is 0 Å². The van der Waals surface area contributed by atoms with Gasteiger partial charge in [-0.05, 0) is 70.3 Å². The zero-order valence-electron chi connectivity index (χ0n) is 40.4. The van der Waals surface area contributed by atoms with Crippen LogP contribution in [0.15, 0.2) is 30.3 Å². The summed E-state index contributed by atoms with van der Waals surface area (Å²) in [5.41, 5.74) is 0.150. The largest absolute Gasteiger partial charge is 0.444 e. The number of nitrogens with one attached hydrogen (secondary N) is 2. The molecule has 15 nitrogen and oxygen atoms in total. The molecule has 1 fully saturated rings. The molecule has 10 atom stereocenters. The van der Waals surface area contributed by atoms with Gasteiger partial charge in [0, 0.05) is 48.1 Å². The van der Waals surface area contributed by atoms with Crippen LogP contribution in [0.4, 0.5) is 4.79 Å². The summed E-state index contributed by atoms with van der Waals surface area (Å²) in [7, 11) is 6.30. The van der Waals surface area contributed by atoms with E-state index < -0.39 is 66.0 Å². The summed E-state index contributed by atoms with van der Waals surface area (Å²) in [6.45, 7) is 21.2. The summed E-state index contributed by atoms with van der Waals surface area (Å²) in [6, 6.07) is 6.49. The molecule has 0 bridgehead atoms. The Bertz CT molecular complexity index is 1550. The molecule has 354 valence electrons. The highest BCUT2D eigenvalue weighted by Gasteiger charge is 2.44. The summed E-state index contributed by atoms with van der Waals surface area (Å²) in [5.74, 6) is -2.52. The number of nitrogens with zero attached hydrogens (tertiary/aromatic N) is 3. The molecule has 1 saturated heterocycles. The van der Waals surface area contributed by atoms with Gasteiger partial charge in [0.25, 0.3) is 0 Å². The van der Waals surface area contributed by atoms with E-state index in [-0.39, 0.29) is 54.5 Å². The second-order valence-corrected chi connectivity index (χ2v) is 18.7. The van der Waals surface area contributed by atoms with E-state index in [1.54, 1.807) is 44.7 Å². The lowest BCUT2D eigenvalue weighted by Crippen LogP contribution is -2.60. The fraction of sp³-hybridized carbons (Fsp3) is 0.766. The van der Waals surface area contributed by atoms with E-state index in [9.17, 15) is 29.1 Å². The van der Waals surface area contributed by atoms with Crippen molar-refractivity contribution >= 4 is 29.7 Å². The van der Waals surface area contributed by atoms with E-state index in [4.69, 9.17) is 18.9 Å². The molecule has 2 rings (SSSR count). The number of benzene rings is 1. The highest BCUT2D eigenvalue weighted by atomic mass is 16.6. The maximum atomic E-state index is 14.5. The number of carbonyl (C=O) groups is 5. The minimum Gasteiger partial charge on any atom is -0.444 e. The second kappa shape index (κ2) is 25.5. The van der Waals surface area contributed by atoms with Crippen LogP contribution >= 0.6 is 0 Å². The Morgan fingerprint density at radius 2 is 1.52 bits per heavy atom. The van der Waals surface area contributed by atoms with Crippen molar-refractivity contribution in [2.75, 3.05) is 48.1 Å². The summed E-state index contributed by atoms with van der Waals surface area (Å²) in [4.78, 5) is 74.3. The average molecular weight is 876 g/mol. The van der Waals surface area contributed by atoms with Crippen LogP contribution in [-0.4, -0.2) is 146 Å². The van der Waals surface area contributed by atoms with Gasteiger partial charge >= 0.3 is 6.09 Å². The minimum atomic E-state index is -0.934. The lowest BCUT2D eigenvalue weighted by atomic mass is 9.89. The van der Waals surface area contributed by atoms with Crippen molar-refractivity contribution in [1.29, 1.82) is 0 Å². The van der Waals surface area contributed by atoms with Crippen molar-refractivity contribution < 1.29 is 48.0 Å². The Kier molecular flexibility index (Phi) is 22.3. The van der Waals surface area contributed by atoms with E-state index in [0.29, 0.717) is 32.4 Å². The Morgan fingerprint density at radius 3 is 2.03 bits per heavy atom. The molecule has 3 N–H and O–H groups in total. The SMILES string of the molecule is CC[C@H](C)[C@@H]([C@@H](CC(=O)N1CCC[C@H]1[C@H](OC)[C@@H](C)C(=O)N[C@H](C)[C@@H](OCCCO)c1ccccc1)OC)N(C)C(=O)[C@@H](NC(=O)[C@H](C(C)C)N(C)C(=O)OC(C)(C)C)C(C)C. The molecule has 0 aliphatic carbocycles. The van der Waals surface area contributed by atoms with Crippen molar-refractivity contribution in [2.24, 2.45) is 23.7 Å². The molecule has 1 heterocycles. The van der Waals surface area contributed by atoms with Crippen LogP contribution in [0.25, 0.3) is 0 Å². The van der Waals surface area contributed by atoms with Gasteiger partial charge in [-0.25, -0.2) is 4.79 Å². The predicted octanol–water partition coefficient (Wildman–Crippen LogP) is 5.58. The van der Waals surface area contributed by atoms with E-state index in [0.717, 1.165) is 12.0 Å². The van der Waals surface area contributed by atoms with Gasteiger partial charge in [0.1, 0.15) is 23.8 Å². The zero-order chi connectivity index (χ0) is 47.1. The summed E-state index contributed by atoms with van der Waals surface area (Å²) >= 11 is 0. The number of ether oxygens (including phenoxy) is 4. The number of carbonyl (C=O) groups excluding carboxylic acids is 5. The molecular formula is C47H81N5O10. The van der Waals surface area contributed by atoms with Gasteiger partial charge < -0.3 is 44.5 Å². The third-order valence-electron chi connectivity index (χ3n) is 12.0. The van der Waals surface area contributed by atoms with Gasteiger partial charge in [-0.3, -0.25) is 24.1 Å². The lowest BCUT2D eigenvalue weighted by Gasteiger charge is -2.41. The first-order valence-electron chi connectivity index (χ1n) is 22.5. The third kappa shape index (κ3) is 15.2. The van der Waals surface area contributed by atoms with E-state index in [1.165, 1.54) is 19.1 Å². The Morgan fingerprint density at radius 1 is 0.887 bits per heavy atom. The fourth-order valence-electron chi connectivity index (χ4n) is 8.53. The highest BCUT2D eigenvalue weighted by molar-refractivity contribution is 5.92. The van der Waals surface area contributed by atoms with Crippen molar-refractivity contribution in [3.05, 3.63) is 35.9 Å². The van der Waals surface area contributed by atoms with Crippen LogP contribution < -0.4 is 10.6 Å². The van der Waals surface area contributed by atoms with Gasteiger partial charge in [0.15, 0.2) is 0 Å². The number of aliphatic hydroxyl groups is 1. The molecule has 5 amide bonds. The van der Waals surface area contributed by atoms with Crippen molar-refractivity contribution in [3.8, 4) is 0 Å². The number of rotatable bonds is 24. The first-order chi connectivity index (χ1) is 29.1. The predicted molar refractivity (Wildman–Crippen MR) is 240 cm³/mol. The van der Waals surface area contributed by atoms with Gasteiger partial charge in [0.05, 0.1) is 42.7 Å². The summed E-state index contributed by atoms with van der Waals surface area (Å²) in [6.07, 6.45) is 0.144. The molecule has 0 unspecified atom stereocenters. The smallest absolute Gasteiger partial charge is 0.410 e. The third-order valence-corrected chi connectivity index (χ3v) is 12.0. The van der Waals surface area contributed by atoms with Crippen molar-refractivity contribution in [2.45, 2.75) is 162 Å². The van der Waals surface area contributed by atoms with Crippen LogP contribution in [0.1, 0.15) is 120 Å². The molecule has 0 aromatic heterocycles. The number of likely N-dealkylation sites (N-methyl/N-ethyl adjacent to an activating group) is 2. The molecule has 15 heteroatoms. The van der Waals surface area contributed by atoms with Crippen LogP contribution in [0.5, 0.6) is 0 Å². The normalized spacial score (nSPS) is 18.8. The number of likely N-dealkylation sites (tertiary alicyclic amines) is 1. The average Bonchev–Trinajstić information content (AvgIpc) is 3.70. The lowest BCUT2D eigenvalue weighted by molar-refractivity contribution is -0.148. The molecule has 1 aliphatic rings. The van der Waals surface area contributed by atoms with Gasteiger partial charge in [-0.15, -0.1) is 0 Å². The van der Waals surface area contributed by atoms with Crippen molar-refractivity contribution in [1.82, 2.24) is 25.3 Å². The molecule has 0 radical (unpaired) electrons. The summed E-state index contributed by atoms with van der Waals surface area (Å²) in [5, 5.41) is 15.4. The van der Waals surface area contributed by atoms with Crippen molar-refractivity contribution in [3.63, 3.8) is 0 Å². The minimum absolute atomic E-state index is 0.00110. The molecule has 62 heavy (non-hydrogen) atoms. The topological polar surface area (TPSA) is 176 Å². The molecule has 1 aromatic rings. The quantitative estimate of drug-likeness (QED) is 0.111. The van der Waals surface area contributed by atoms with Crippen LogP contribution in [0, 0.1) is 23.7 Å². The number of methoxy groups -OCH3 is 2. The van der Waals surface area contributed by atoms with E-state index in [2.05, 4.69) is 10.6 Å². The van der Waals surface area contributed by atoms with Gasteiger partial charge in [0.2, 0.25) is 23.6 Å². The second-order valence-electron chi connectivity index (χ2n) is 18.7. The highest BCUT2D eigenvalue weighted by Crippen LogP contribution is 2.30. The number of hydrogen-bond donors (Lipinski definition) is 3. The molecule has 0 spiro atoms. The monoisotopic (exact) mass is 876 g/mol. The number of aliphatic hydroxyl groups excluding tert-OH is 1. The van der Waals surface area contributed by atoms with E-state index >= 15 is 0 Å². The summed E-state index contributed by atoms with van der Waals surface area (Å²) < 4.78 is 23.7. The molecule has 1 aliphatic heterocycles. The van der Waals surface area contributed by atoms with Crippen LogP contribution in [0.2, 0.25) is 0 Å². The maximum absolute atomic E-state index is 14.5. The van der Waals surface area contributed by atoms with Crippen LogP contribution in [-0.2, 0) is 38.1 Å². The molecule has 0 saturated carbocycles. The zero-order valence-corrected chi connectivity index (χ0v) is 40.4. The first kappa shape index (κ1) is 54.3. The van der Waals surface area contributed by atoms with Crippen LogP contribution in [0.3, 0.4) is 0 Å².